The number of rotatable bonds is 5. The van der Waals surface area contributed by atoms with E-state index in [1.165, 1.54) is 11.9 Å². The number of halogens is 3. The van der Waals surface area contributed by atoms with Crippen molar-refractivity contribution in [3.63, 3.8) is 0 Å². The zero-order valence-electron chi connectivity index (χ0n) is 12.2. The lowest BCUT2D eigenvalue weighted by molar-refractivity contribution is -0.147. The van der Waals surface area contributed by atoms with Crippen LogP contribution in [0.25, 0.3) is 0 Å². The van der Waals surface area contributed by atoms with Crippen molar-refractivity contribution in [1.29, 1.82) is 0 Å². The number of hydrogen-bond acceptors (Lipinski definition) is 4. The van der Waals surface area contributed by atoms with Crippen molar-refractivity contribution >= 4 is 18.1 Å². The number of nitrogens with one attached hydrogen (secondary N) is 1. The standard InChI is InChI=1S/C11H18F3N5OS/c1-7(2)15-8(20)5-17(3)6-19-10(21)18(4)9(16-19)11(12,13)14/h7H,5-6H2,1-4H3,(H,15,20). The topological polar surface area (TPSA) is 55.1 Å². The largest absolute Gasteiger partial charge is 0.451 e. The van der Waals surface area contributed by atoms with E-state index in [-0.39, 0.29) is 29.9 Å². The Morgan fingerprint density at radius 3 is 2.48 bits per heavy atom. The molecule has 21 heavy (non-hydrogen) atoms. The summed E-state index contributed by atoms with van der Waals surface area (Å²) in [7, 11) is 2.81. The van der Waals surface area contributed by atoms with Gasteiger partial charge >= 0.3 is 6.18 Å². The maximum absolute atomic E-state index is 12.7. The number of likely N-dealkylation sites (N-methyl/N-ethyl adjacent to an activating group) is 1. The van der Waals surface area contributed by atoms with Crippen molar-refractivity contribution in [3.05, 3.63) is 10.6 Å². The summed E-state index contributed by atoms with van der Waals surface area (Å²) in [5.41, 5.74) is 0. The molecular weight excluding hydrogens is 307 g/mol. The molecule has 0 bridgehead atoms. The Bertz CT molecular complexity index is 563. The van der Waals surface area contributed by atoms with Gasteiger partial charge in [0.15, 0.2) is 4.77 Å². The number of amides is 1. The van der Waals surface area contributed by atoms with Crippen molar-refractivity contribution in [2.24, 2.45) is 7.05 Å². The van der Waals surface area contributed by atoms with E-state index in [1.54, 1.807) is 7.05 Å². The Hall–Kier alpha value is -1.42. The molecule has 1 aromatic rings. The predicted octanol–water partition coefficient (Wildman–Crippen LogP) is 1.38. The third-order valence-corrected chi connectivity index (χ3v) is 3.02. The van der Waals surface area contributed by atoms with Gasteiger partial charge in [0.05, 0.1) is 13.2 Å². The van der Waals surface area contributed by atoms with Crippen LogP contribution in [0.3, 0.4) is 0 Å². The van der Waals surface area contributed by atoms with Gasteiger partial charge in [-0.05, 0) is 33.1 Å². The van der Waals surface area contributed by atoms with E-state index in [0.717, 1.165) is 9.25 Å². The first-order chi connectivity index (χ1) is 9.52. The van der Waals surface area contributed by atoms with Crippen LogP contribution in [0.1, 0.15) is 19.7 Å². The maximum Gasteiger partial charge on any atom is 0.451 e. The Morgan fingerprint density at radius 1 is 1.48 bits per heavy atom. The SMILES string of the molecule is CC(C)NC(=O)CN(C)Cn1nc(C(F)(F)F)n(C)c1=S. The van der Waals surface area contributed by atoms with Crippen molar-refractivity contribution < 1.29 is 18.0 Å². The van der Waals surface area contributed by atoms with Crippen molar-refractivity contribution in [2.75, 3.05) is 13.6 Å². The summed E-state index contributed by atoms with van der Waals surface area (Å²) in [5.74, 6) is -1.28. The van der Waals surface area contributed by atoms with Crippen LogP contribution in [-0.4, -0.2) is 44.8 Å². The van der Waals surface area contributed by atoms with Crippen molar-refractivity contribution in [1.82, 2.24) is 24.6 Å². The van der Waals surface area contributed by atoms with E-state index < -0.39 is 12.0 Å². The first kappa shape index (κ1) is 17.6. The molecule has 10 heteroatoms. The number of aromatic nitrogens is 3. The summed E-state index contributed by atoms with van der Waals surface area (Å²) < 4.78 is 39.9. The second kappa shape index (κ2) is 6.56. The summed E-state index contributed by atoms with van der Waals surface area (Å²) in [6.07, 6.45) is -4.57. The molecule has 120 valence electrons. The molecule has 0 aliphatic carbocycles. The second-order valence-corrected chi connectivity index (χ2v) is 5.41. The summed E-state index contributed by atoms with van der Waals surface area (Å²) in [5, 5.41) is 6.16. The third-order valence-electron chi connectivity index (χ3n) is 2.53. The van der Waals surface area contributed by atoms with E-state index in [1.807, 2.05) is 13.8 Å². The first-order valence-electron chi connectivity index (χ1n) is 6.21. The third kappa shape index (κ3) is 4.81. The average molecular weight is 325 g/mol. The van der Waals surface area contributed by atoms with Gasteiger partial charge in [-0.2, -0.15) is 13.2 Å². The molecule has 0 aromatic carbocycles. The summed E-state index contributed by atoms with van der Waals surface area (Å²) >= 11 is 4.92. The van der Waals surface area contributed by atoms with Gasteiger partial charge in [-0.3, -0.25) is 14.3 Å². The van der Waals surface area contributed by atoms with Crippen LogP contribution in [0.2, 0.25) is 0 Å². The monoisotopic (exact) mass is 325 g/mol. The van der Waals surface area contributed by atoms with E-state index in [4.69, 9.17) is 12.2 Å². The van der Waals surface area contributed by atoms with E-state index >= 15 is 0 Å². The van der Waals surface area contributed by atoms with E-state index in [0.29, 0.717) is 0 Å². The highest BCUT2D eigenvalue weighted by molar-refractivity contribution is 7.71. The highest BCUT2D eigenvalue weighted by Gasteiger charge is 2.37. The summed E-state index contributed by atoms with van der Waals surface area (Å²) in [6.45, 7) is 3.68. The molecule has 0 saturated heterocycles. The second-order valence-electron chi connectivity index (χ2n) is 5.04. The Balaban J connectivity index is 2.80. The minimum absolute atomic E-state index is 0.000232. The van der Waals surface area contributed by atoms with Gasteiger partial charge < -0.3 is 5.32 Å². The Labute approximate surface area is 125 Å². The molecule has 1 amide bonds. The first-order valence-corrected chi connectivity index (χ1v) is 6.62. The molecule has 1 N–H and O–H groups in total. The van der Waals surface area contributed by atoms with E-state index in [9.17, 15) is 18.0 Å². The number of carbonyl (C=O) groups excluding carboxylic acids is 1. The average Bonchev–Trinajstić information content (AvgIpc) is 2.55. The zero-order valence-corrected chi connectivity index (χ0v) is 13.0. The lowest BCUT2D eigenvalue weighted by Crippen LogP contribution is -2.39. The molecule has 0 radical (unpaired) electrons. The van der Waals surface area contributed by atoms with Crippen LogP contribution in [0.15, 0.2) is 0 Å². The van der Waals surface area contributed by atoms with Gasteiger partial charge in [0.2, 0.25) is 11.7 Å². The molecule has 0 fully saturated rings. The summed E-state index contributed by atoms with van der Waals surface area (Å²) in [6, 6.07) is -0.000232. The maximum atomic E-state index is 12.7. The van der Waals surface area contributed by atoms with Crippen LogP contribution >= 0.6 is 12.2 Å². The summed E-state index contributed by atoms with van der Waals surface area (Å²) in [4.78, 5) is 13.1. The molecule has 1 aromatic heterocycles. The number of hydrogen-bond donors (Lipinski definition) is 1. The minimum Gasteiger partial charge on any atom is -0.353 e. The van der Waals surface area contributed by atoms with Crippen LogP contribution < -0.4 is 5.32 Å². The fourth-order valence-electron chi connectivity index (χ4n) is 1.72. The molecule has 0 spiro atoms. The number of alkyl halides is 3. The van der Waals surface area contributed by atoms with Crippen LogP contribution in [0.4, 0.5) is 13.2 Å². The molecular formula is C11H18F3N5OS. The smallest absolute Gasteiger partial charge is 0.353 e. The van der Waals surface area contributed by atoms with Gasteiger partial charge in [-0.15, -0.1) is 5.10 Å². The normalized spacial score (nSPS) is 12.2. The lowest BCUT2D eigenvalue weighted by atomic mass is 10.4. The molecule has 6 nitrogen and oxygen atoms in total. The molecule has 0 aliphatic heterocycles. The lowest BCUT2D eigenvalue weighted by Gasteiger charge is -2.17. The van der Waals surface area contributed by atoms with Gasteiger partial charge in [-0.25, -0.2) is 4.68 Å². The number of carbonyl (C=O) groups is 1. The molecule has 1 heterocycles. The highest BCUT2D eigenvalue weighted by Crippen LogP contribution is 2.27. The fraction of sp³-hybridized carbons (Fsp3) is 0.727. The molecule has 0 aliphatic rings. The number of nitrogens with zero attached hydrogens (tertiary/aromatic N) is 4. The fourth-order valence-corrected chi connectivity index (χ4v) is 1.90. The predicted molar refractivity (Wildman–Crippen MR) is 72.9 cm³/mol. The minimum atomic E-state index is -4.57. The van der Waals surface area contributed by atoms with Gasteiger partial charge in [-0.1, -0.05) is 0 Å². The van der Waals surface area contributed by atoms with Gasteiger partial charge in [0, 0.05) is 13.1 Å². The van der Waals surface area contributed by atoms with Gasteiger partial charge in [0.1, 0.15) is 0 Å². The Kier molecular flexibility index (Phi) is 5.51. The zero-order chi connectivity index (χ0) is 16.4. The molecule has 0 saturated carbocycles. The van der Waals surface area contributed by atoms with Gasteiger partial charge in [0.25, 0.3) is 0 Å². The van der Waals surface area contributed by atoms with Crippen LogP contribution in [0, 0.1) is 4.77 Å². The quantitative estimate of drug-likeness (QED) is 0.831. The highest BCUT2D eigenvalue weighted by atomic mass is 32.1. The van der Waals surface area contributed by atoms with Crippen molar-refractivity contribution in [2.45, 2.75) is 32.7 Å². The van der Waals surface area contributed by atoms with E-state index in [2.05, 4.69) is 10.4 Å². The molecule has 0 unspecified atom stereocenters. The molecule has 0 atom stereocenters. The Morgan fingerprint density at radius 2 is 2.05 bits per heavy atom. The van der Waals surface area contributed by atoms with Crippen LogP contribution in [-0.2, 0) is 24.7 Å². The van der Waals surface area contributed by atoms with Crippen molar-refractivity contribution in [3.8, 4) is 0 Å². The molecule has 1 rings (SSSR count). The van der Waals surface area contributed by atoms with Crippen LogP contribution in [0.5, 0.6) is 0 Å².